The summed E-state index contributed by atoms with van der Waals surface area (Å²) < 4.78 is 27.5. The van der Waals surface area contributed by atoms with Crippen LogP contribution in [0.1, 0.15) is 37.0 Å². The van der Waals surface area contributed by atoms with Crippen LogP contribution in [0, 0.1) is 6.92 Å². The van der Waals surface area contributed by atoms with Crippen LogP contribution in [0.25, 0.3) is 0 Å². The van der Waals surface area contributed by atoms with Crippen LogP contribution in [0.3, 0.4) is 0 Å². The molecule has 1 unspecified atom stereocenters. The fourth-order valence-electron chi connectivity index (χ4n) is 3.82. The molecule has 30 heavy (non-hydrogen) atoms. The molecule has 0 aliphatic carbocycles. The third kappa shape index (κ3) is 4.25. The molecule has 0 spiro atoms. The number of allylic oxidation sites excluding steroid dienone is 2. The molecule has 0 aromatic heterocycles. The summed E-state index contributed by atoms with van der Waals surface area (Å²) in [6, 6.07) is 26.4. The summed E-state index contributed by atoms with van der Waals surface area (Å²) >= 11 is 0. The molecule has 0 saturated carbocycles. The number of hydrogen-bond acceptors (Lipinski definition) is 3. The second kappa shape index (κ2) is 8.99. The van der Waals surface area contributed by atoms with Crippen molar-refractivity contribution in [3.05, 3.63) is 113 Å². The molecule has 3 aromatic carbocycles. The Morgan fingerprint density at radius 3 is 1.77 bits per heavy atom. The van der Waals surface area contributed by atoms with Crippen molar-refractivity contribution < 1.29 is 8.42 Å². The van der Waals surface area contributed by atoms with E-state index in [4.69, 9.17) is 5.73 Å². The Balaban J connectivity index is 2.29. The molecule has 0 saturated heterocycles. The van der Waals surface area contributed by atoms with Crippen molar-refractivity contribution in [2.75, 3.05) is 0 Å². The monoisotopic (exact) mass is 419 g/mol. The normalized spacial score (nSPS) is 12.9. The molecule has 0 aliphatic rings. The number of sulfone groups is 1. The number of nitrogens with two attached hydrogens (primary N) is 1. The summed E-state index contributed by atoms with van der Waals surface area (Å²) in [5.41, 5.74) is 9.70. The standard InChI is InChI=1S/C26H29NO2S/c1-20(2)18-19-26(22-10-6-4-7-11-22,23-12-8-5-9-13-23)25(27)30(28,29)24-16-14-21(3)15-17-24/h4-18,25H,19,27H2,1-3H3. The van der Waals surface area contributed by atoms with Crippen LogP contribution in [0.15, 0.2) is 101 Å². The van der Waals surface area contributed by atoms with E-state index in [2.05, 4.69) is 6.08 Å². The van der Waals surface area contributed by atoms with Crippen LogP contribution < -0.4 is 5.73 Å². The third-order valence-electron chi connectivity index (χ3n) is 5.58. The van der Waals surface area contributed by atoms with Gasteiger partial charge in [0.2, 0.25) is 0 Å². The zero-order valence-corrected chi connectivity index (χ0v) is 18.6. The van der Waals surface area contributed by atoms with Gasteiger partial charge in [-0.3, -0.25) is 0 Å². The second-order valence-corrected chi connectivity index (χ2v) is 10.0. The van der Waals surface area contributed by atoms with E-state index in [0.29, 0.717) is 6.42 Å². The van der Waals surface area contributed by atoms with E-state index in [1.54, 1.807) is 12.1 Å². The first-order valence-electron chi connectivity index (χ1n) is 10.1. The second-order valence-electron chi connectivity index (χ2n) is 7.97. The first-order valence-corrected chi connectivity index (χ1v) is 11.6. The Hall–Kier alpha value is -2.69. The largest absolute Gasteiger partial charge is 0.314 e. The molecule has 0 fully saturated rings. The van der Waals surface area contributed by atoms with Gasteiger partial charge in [-0.2, -0.15) is 0 Å². The summed E-state index contributed by atoms with van der Waals surface area (Å²) in [5.74, 6) is 0. The molecule has 0 amide bonds. The van der Waals surface area contributed by atoms with Gasteiger partial charge in [0.05, 0.1) is 10.3 Å². The smallest absolute Gasteiger partial charge is 0.195 e. The average molecular weight is 420 g/mol. The molecule has 0 bridgehead atoms. The maximum absolute atomic E-state index is 13.7. The lowest BCUT2D eigenvalue weighted by atomic mass is 9.71. The van der Waals surface area contributed by atoms with Gasteiger partial charge in [-0.05, 0) is 50.5 Å². The van der Waals surface area contributed by atoms with Gasteiger partial charge < -0.3 is 5.73 Å². The van der Waals surface area contributed by atoms with Gasteiger partial charge in [-0.1, -0.05) is 90.0 Å². The summed E-state index contributed by atoms with van der Waals surface area (Å²) in [6.07, 6.45) is 2.56. The van der Waals surface area contributed by atoms with Gasteiger partial charge in [0.15, 0.2) is 9.84 Å². The van der Waals surface area contributed by atoms with E-state index in [9.17, 15) is 8.42 Å². The van der Waals surface area contributed by atoms with Gasteiger partial charge in [-0.15, -0.1) is 0 Å². The van der Waals surface area contributed by atoms with Crippen LogP contribution in [0.4, 0.5) is 0 Å². The number of benzene rings is 3. The van der Waals surface area contributed by atoms with Gasteiger partial charge in [0, 0.05) is 0 Å². The molecule has 2 N–H and O–H groups in total. The van der Waals surface area contributed by atoms with Crippen LogP contribution in [0.5, 0.6) is 0 Å². The Kier molecular flexibility index (Phi) is 6.59. The zero-order valence-electron chi connectivity index (χ0n) is 17.7. The highest BCUT2D eigenvalue weighted by Gasteiger charge is 2.46. The fourth-order valence-corrected chi connectivity index (χ4v) is 5.53. The summed E-state index contributed by atoms with van der Waals surface area (Å²) in [7, 11) is -3.81. The highest BCUT2D eigenvalue weighted by atomic mass is 32.2. The number of aryl methyl sites for hydroxylation is 1. The van der Waals surface area contributed by atoms with Gasteiger partial charge >= 0.3 is 0 Å². The summed E-state index contributed by atoms with van der Waals surface area (Å²) in [5, 5.41) is -1.16. The minimum Gasteiger partial charge on any atom is -0.314 e. The quantitative estimate of drug-likeness (QED) is 0.522. The fraction of sp³-hybridized carbons (Fsp3) is 0.231. The predicted octanol–water partition coefficient (Wildman–Crippen LogP) is 5.40. The van der Waals surface area contributed by atoms with E-state index in [-0.39, 0.29) is 4.90 Å². The molecule has 3 aromatic rings. The Bertz CT molecular complexity index is 1060. The molecule has 0 radical (unpaired) electrons. The molecule has 0 heterocycles. The maximum Gasteiger partial charge on any atom is 0.195 e. The number of hydrogen-bond donors (Lipinski definition) is 1. The molecule has 156 valence electrons. The van der Waals surface area contributed by atoms with Crippen molar-refractivity contribution in [1.82, 2.24) is 0 Å². The van der Waals surface area contributed by atoms with Crippen LogP contribution in [-0.4, -0.2) is 13.8 Å². The minimum atomic E-state index is -3.81. The molecular formula is C26H29NO2S. The van der Waals surface area contributed by atoms with Crippen molar-refractivity contribution in [3.8, 4) is 0 Å². The Morgan fingerprint density at radius 1 is 0.867 bits per heavy atom. The molecule has 3 rings (SSSR count). The van der Waals surface area contributed by atoms with E-state index >= 15 is 0 Å². The topological polar surface area (TPSA) is 60.2 Å². The number of rotatable bonds is 7. The van der Waals surface area contributed by atoms with Crippen LogP contribution in [-0.2, 0) is 15.3 Å². The van der Waals surface area contributed by atoms with Crippen LogP contribution >= 0.6 is 0 Å². The van der Waals surface area contributed by atoms with Gasteiger partial charge in [0.25, 0.3) is 0 Å². The molecule has 4 heteroatoms. The lowest BCUT2D eigenvalue weighted by Gasteiger charge is -2.39. The van der Waals surface area contributed by atoms with Crippen molar-refractivity contribution in [1.29, 1.82) is 0 Å². The predicted molar refractivity (Wildman–Crippen MR) is 124 cm³/mol. The molecule has 0 aliphatic heterocycles. The van der Waals surface area contributed by atoms with Crippen molar-refractivity contribution in [2.24, 2.45) is 5.73 Å². The first-order chi connectivity index (χ1) is 14.3. The lowest BCUT2D eigenvalue weighted by Crippen LogP contribution is -2.51. The third-order valence-corrected chi connectivity index (χ3v) is 7.58. The van der Waals surface area contributed by atoms with Crippen molar-refractivity contribution >= 4 is 9.84 Å². The zero-order chi connectivity index (χ0) is 21.8. The molecule has 1 atom stereocenters. The summed E-state index contributed by atoms with van der Waals surface area (Å²) in [6.45, 7) is 5.96. The molecular weight excluding hydrogens is 390 g/mol. The lowest BCUT2D eigenvalue weighted by molar-refractivity contribution is 0.468. The SMILES string of the molecule is CC(C)=CCC(c1ccccc1)(c1ccccc1)C(N)S(=O)(=O)c1ccc(C)cc1. The Morgan fingerprint density at radius 2 is 1.33 bits per heavy atom. The average Bonchev–Trinajstić information content (AvgIpc) is 2.75. The molecule has 3 nitrogen and oxygen atoms in total. The van der Waals surface area contributed by atoms with Gasteiger partial charge in [-0.25, -0.2) is 8.42 Å². The maximum atomic E-state index is 13.7. The van der Waals surface area contributed by atoms with E-state index in [1.807, 2.05) is 93.6 Å². The summed E-state index contributed by atoms with van der Waals surface area (Å²) in [4.78, 5) is 0.244. The van der Waals surface area contributed by atoms with Crippen molar-refractivity contribution in [3.63, 3.8) is 0 Å². The van der Waals surface area contributed by atoms with Crippen LogP contribution in [0.2, 0.25) is 0 Å². The Labute approximate surface area is 180 Å². The van der Waals surface area contributed by atoms with E-state index in [0.717, 1.165) is 22.3 Å². The highest BCUT2D eigenvalue weighted by Crippen LogP contribution is 2.42. The minimum absolute atomic E-state index is 0.244. The van der Waals surface area contributed by atoms with E-state index < -0.39 is 20.6 Å². The first kappa shape index (κ1) is 22.0. The van der Waals surface area contributed by atoms with Crippen molar-refractivity contribution in [2.45, 2.75) is 42.9 Å². The van der Waals surface area contributed by atoms with E-state index in [1.165, 1.54) is 0 Å². The highest BCUT2D eigenvalue weighted by molar-refractivity contribution is 7.92. The van der Waals surface area contributed by atoms with Gasteiger partial charge in [0.1, 0.15) is 5.37 Å².